The van der Waals surface area contributed by atoms with Gasteiger partial charge in [-0.2, -0.15) is 4.31 Å². The minimum Gasteiger partial charge on any atom is -0.481 e. The van der Waals surface area contributed by atoms with Crippen molar-refractivity contribution in [1.82, 2.24) is 4.31 Å². The molecule has 1 unspecified atom stereocenters. The monoisotopic (exact) mass is 249 g/mol. The fourth-order valence-corrected chi connectivity index (χ4v) is 3.04. The number of aliphatic carboxylic acids is 1. The number of carboxylic acids is 1. The summed E-state index contributed by atoms with van der Waals surface area (Å²) in [5.74, 6) is -1.21. The molecule has 0 aromatic carbocycles. The molecule has 1 saturated heterocycles. The second kappa shape index (κ2) is 5.42. The van der Waals surface area contributed by atoms with Crippen LogP contribution in [0.1, 0.15) is 6.42 Å². The Hall–Kier alpha value is -0.920. The Morgan fingerprint density at radius 2 is 2.31 bits per heavy atom. The highest BCUT2D eigenvalue weighted by Gasteiger charge is 2.33. The summed E-state index contributed by atoms with van der Waals surface area (Å²) in [6, 6.07) is -0.615. The van der Waals surface area contributed by atoms with Crippen LogP contribution < -0.4 is 0 Å². The lowest BCUT2D eigenvalue weighted by molar-refractivity contribution is -0.139. The predicted octanol–water partition coefficient (Wildman–Crippen LogP) is -0.322. The van der Waals surface area contributed by atoms with E-state index in [2.05, 4.69) is 6.58 Å². The van der Waals surface area contributed by atoms with Gasteiger partial charge >= 0.3 is 5.97 Å². The van der Waals surface area contributed by atoms with Gasteiger partial charge in [-0.25, -0.2) is 8.42 Å². The third kappa shape index (κ3) is 3.29. The van der Waals surface area contributed by atoms with E-state index in [9.17, 15) is 13.2 Å². The Kier molecular flexibility index (Phi) is 4.45. The molecule has 1 rings (SSSR count). The maximum absolute atomic E-state index is 11.8. The average Bonchev–Trinajstić information content (AvgIpc) is 2.17. The second-order valence-corrected chi connectivity index (χ2v) is 5.47. The lowest BCUT2D eigenvalue weighted by Gasteiger charge is -2.33. The Morgan fingerprint density at radius 1 is 1.62 bits per heavy atom. The summed E-state index contributed by atoms with van der Waals surface area (Å²) in [5.41, 5.74) is 0. The fraction of sp³-hybridized carbons (Fsp3) is 0.667. The van der Waals surface area contributed by atoms with E-state index in [1.54, 1.807) is 0 Å². The summed E-state index contributed by atoms with van der Waals surface area (Å²) in [7, 11) is -3.46. The molecule has 16 heavy (non-hydrogen) atoms. The summed E-state index contributed by atoms with van der Waals surface area (Å²) in [4.78, 5) is 10.6. The van der Waals surface area contributed by atoms with Gasteiger partial charge in [0.25, 0.3) is 0 Å². The van der Waals surface area contributed by atoms with Crippen molar-refractivity contribution in [2.24, 2.45) is 0 Å². The topological polar surface area (TPSA) is 83.9 Å². The summed E-state index contributed by atoms with van der Waals surface area (Å²) < 4.78 is 29.9. The SMILES string of the molecule is C=CCS(=O)(=O)N1CCOCC1CC(=O)O. The molecule has 0 spiro atoms. The molecular weight excluding hydrogens is 234 g/mol. The zero-order valence-electron chi connectivity index (χ0n) is 8.83. The van der Waals surface area contributed by atoms with Crippen LogP contribution in [0.3, 0.4) is 0 Å². The molecule has 0 aromatic rings. The minimum atomic E-state index is -3.46. The first kappa shape index (κ1) is 13.1. The zero-order chi connectivity index (χ0) is 12.2. The van der Waals surface area contributed by atoms with E-state index < -0.39 is 22.0 Å². The maximum Gasteiger partial charge on any atom is 0.305 e. The van der Waals surface area contributed by atoms with Crippen LogP contribution in [0.2, 0.25) is 0 Å². The molecule has 92 valence electrons. The molecule has 6 nitrogen and oxygen atoms in total. The number of carboxylic acid groups (broad SMARTS) is 1. The van der Waals surface area contributed by atoms with E-state index in [0.29, 0.717) is 6.61 Å². The average molecular weight is 249 g/mol. The van der Waals surface area contributed by atoms with Gasteiger partial charge in [0, 0.05) is 6.54 Å². The van der Waals surface area contributed by atoms with E-state index in [0.717, 1.165) is 0 Å². The van der Waals surface area contributed by atoms with Gasteiger partial charge in [-0.05, 0) is 0 Å². The normalized spacial score (nSPS) is 22.9. The van der Waals surface area contributed by atoms with Crippen molar-refractivity contribution in [3.63, 3.8) is 0 Å². The lowest BCUT2D eigenvalue weighted by Crippen LogP contribution is -2.50. The van der Waals surface area contributed by atoms with Crippen molar-refractivity contribution in [2.75, 3.05) is 25.5 Å². The molecule has 0 aliphatic carbocycles. The number of sulfonamides is 1. The molecule has 1 aliphatic heterocycles. The van der Waals surface area contributed by atoms with Crippen LogP contribution in [0.5, 0.6) is 0 Å². The largest absolute Gasteiger partial charge is 0.481 e. The summed E-state index contributed by atoms with van der Waals surface area (Å²) in [6.45, 7) is 4.00. The first-order valence-corrected chi connectivity index (χ1v) is 6.48. The molecule has 1 N–H and O–H groups in total. The predicted molar refractivity (Wildman–Crippen MR) is 57.5 cm³/mol. The van der Waals surface area contributed by atoms with E-state index in [4.69, 9.17) is 9.84 Å². The number of rotatable bonds is 5. The Balaban J connectivity index is 2.81. The summed E-state index contributed by atoms with van der Waals surface area (Å²) >= 11 is 0. The highest BCUT2D eigenvalue weighted by Crippen LogP contribution is 2.15. The highest BCUT2D eigenvalue weighted by atomic mass is 32.2. The van der Waals surface area contributed by atoms with Crippen molar-refractivity contribution >= 4 is 16.0 Å². The molecule has 0 amide bonds. The molecule has 0 radical (unpaired) electrons. The van der Waals surface area contributed by atoms with Gasteiger partial charge in [0.1, 0.15) is 0 Å². The van der Waals surface area contributed by atoms with E-state index in [1.807, 2.05) is 0 Å². The number of nitrogens with zero attached hydrogens (tertiary/aromatic N) is 1. The second-order valence-electron chi connectivity index (χ2n) is 3.50. The van der Waals surface area contributed by atoms with Gasteiger partial charge in [0.2, 0.25) is 10.0 Å². The highest BCUT2D eigenvalue weighted by molar-refractivity contribution is 7.89. The van der Waals surface area contributed by atoms with Crippen LogP contribution in [0.15, 0.2) is 12.7 Å². The van der Waals surface area contributed by atoms with Crippen molar-refractivity contribution in [3.05, 3.63) is 12.7 Å². The quantitative estimate of drug-likeness (QED) is 0.675. The third-order valence-corrected chi connectivity index (χ3v) is 4.12. The van der Waals surface area contributed by atoms with Crippen molar-refractivity contribution in [1.29, 1.82) is 0 Å². The number of morpholine rings is 1. The van der Waals surface area contributed by atoms with Crippen molar-refractivity contribution in [3.8, 4) is 0 Å². The minimum absolute atomic E-state index is 0.128. The van der Waals surface area contributed by atoms with E-state index in [-0.39, 0.29) is 25.3 Å². The van der Waals surface area contributed by atoms with Crippen LogP contribution in [-0.2, 0) is 19.6 Å². The Morgan fingerprint density at radius 3 is 2.88 bits per heavy atom. The van der Waals surface area contributed by atoms with Crippen LogP contribution in [-0.4, -0.2) is 55.4 Å². The van der Waals surface area contributed by atoms with Crippen LogP contribution in [0.4, 0.5) is 0 Å². The molecule has 1 heterocycles. The fourth-order valence-electron chi connectivity index (χ4n) is 1.61. The van der Waals surface area contributed by atoms with Crippen LogP contribution >= 0.6 is 0 Å². The first-order valence-electron chi connectivity index (χ1n) is 4.87. The lowest BCUT2D eigenvalue weighted by atomic mass is 10.2. The molecule has 0 saturated carbocycles. The van der Waals surface area contributed by atoms with Gasteiger partial charge in [0.15, 0.2) is 0 Å². The summed E-state index contributed by atoms with van der Waals surface area (Å²) in [6.07, 6.45) is 1.05. The maximum atomic E-state index is 11.8. The summed E-state index contributed by atoms with van der Waals surface area (Å²) in [5, 5.41) is 8.68. The molecule has 0 bridgehead atoms. The van der Waals surface area contributed by atoms with Gasteiger partial charge in [-0.1, -0.05) is 6.08 Å². The Bertz CT molecular complexity index is 364. The van der Waals surface area contributed by atoms with Gasteiger partial charge in [-0.15, -0.1) is 6.58 Å². The Labute approximate surface area is 94.6 Å². The molecule has 7 heteroatoms. The molecule has 1 fully saturated rings. The van der Waals surface area contributed by atoms with E-state index in [1.165, 1.54) is 10.4 Å². The van der Waals surface area contributed by atoms with Gasteiger partial charge < -0.3 is 9.84 Å². The van der Waals surface area contributed by atoms with Crippen molar-refractivity contribution in [2.45, 2.75) is 12.5 Å². The van der Waals surface area contributed by atoms with E-state index >= 15 is 0 Å². The number of hydrogen-bond acceptors (Lipinski definition) is 4. The van der Waals surface area contributed by atoms with Crippen LogP contribution in [0.25, 0.3) is 0 Å². The first-order chi connectivity index (χ1) is 7.47. The standard InChI is InChI=1S/C9H15NO5S/c1-2-5-16(13,14)10-3-4-15-7-8(10)6-9(11)12/h2,8H,1,3-7H2,(H,11,12). The van der Waals surface area contributed by atoms with Crippen LogP contribution in [0, 0.1) is 0 Å². The molecule has 0 aromatic heterocycles. The van der Waals surface area contributed by atoms with Crippen molar-refractivity contribution < 1.29 is 23.1 Å². The number of carbonyl (C=O) groups is 1. The molecule has 1 atom stereocenters. The number of hydrogen-bond donors (Lipinski definition) is 1. The zero-order valence-corrected chi connectivity index (χ0v) is 9.65. The van der Waals surface area contributed by atoms with Gasteiger partial charge in [0.05, 0.1) is 31.4 Å². The van der Waals surface area contributed by atoms with Gasteiger partial charge in [-0.3, -0.25) is 4.79 Å². The molecule has 1 aliphatic rings. The third-order valence-electron chi connectivity index (χ3n) is 2.27. The smallest absolute Gasteiger partial charge is 0.305 e. The number of ether oxygens (including phenoxy) is 1. The molecular formula is C9H15NO5S.